The molecule has 0 bridgehead atoms. The van der Waals surface area contributed by atoms with Gasteiger partial charge in [-0.2, -0.15) is 0 Å². The fraction of sp³-hybridized carbons (Fsp3) is 0.765. The Labute approximate surface area is 123 Å². The highest BCUT2D eigenvalue weighted by molar-refractivity contribution is 5.81. The third-order valence-corrected chi connectivity index (χ3v) is 3.15. The van der Waals surface area contributed by atoms with Gasteiger partial charge in [0.15, 0.2) is 5.78 Å². The first-order valence-electron chi connectivity index (χ1n) is 7.97. The van der Waals surface area contributed by atoms with E-state index in [1.54, 1.807) is 0 Å². The first-order chi connectivity index (χ1) is 9.66. The van der Waals surface area contributed by atoms with Crippen LogP contribution >= 0.6 is 0 Å². The van der Waals surface area contributed by atoms with Crippen LogP contribution in [0.4, 0.5) is 0 Å². The second kappa shape index (κ2) is 14.3. The summed E-state index contributed by atoms with van der Waals surface area (Å²) in [5.74, 6) is -0.387. The molecule has 0 spiro atoms. The van der Waals surface area contributed by atoms with Gasteiger partial charge in [-0.25, -0.2) is 0 Å². The summed E-state index contributed by atoms with van der Waals surface area (Å²) in [6.45, 7) is 3.48. The van der Waals surface area contributed by atoms with E-state index < -0.39 is 5.97 Å². The number of unbranched alkanes of at least 4 members (excludes halogenated alkanes) is 7. The Bertz CT molecular complexity index is 282. The maximum absolute atomic E-state index is 11.3. The molecule has 0 saturated heterocycles. The molecule has 0 saturated carbocycles. The molecule has 0 aliphatic heterocycles. The van der Waals surface area contributed by atoms with Crippen LogP contribution in [-0.2, 0) is 14.3 Å². The quantitative estimate of drug-likeness (QED) is 0.282. The summed E-state index contributed by atoms with van der Waals surface area (Å²) < 4.78 is 4.65. The highest BCUT2D eigenvalue weighted by atomic mass is 16.5. The topological polar surface area (TPSA) is 43.4 Å². The molecule has 0 aromatic rings. The molecular formula is C17H30O3. The maximum Gasteiger partial charge on any atom is 0.303 e. The molecule has 0 rings (SSSR count). The number of allylic oxidation sites excluding steroid dienone is 2. The fourth-order valence-corrected chi connectivity index (χ4v) is 1.95. The van der Waals surface area contributed by atoms with E-state index >= 15 is 0 Å². The van der Waals surface area contributed by atoms with Gasteiger partial charge >= 0.3 is 5.97 Å². The van der Waals surface area contributed by atoms with Crippen molar-refractivity contribution in [3.8, 4) is 0 Å². The predicted molar refractivity (Wildman–Crippen MR) is 82.6 cm³/mol. The highest BCUT2D eigenvalue weighted by Crippen LogP contribution is 2.07. The number of carbonyl (C=O) groups is 2. The minimum absolute atomic E-state index is 0.00419. The van der Waals surface area contributed by atoms with E-state index in [9.17, 15) is 9.59 Å². The number of Topliss-reactive ketones (excluding diaryl/α,β-unsaturated/α-hetero) is 1. The SMILES string of the molecule is CCCCCCCC/C=C/CCCC(=O)COC(C)=O. The lowest BCUT2D eigenvalue weighted by Gasteiger charge is -2.00. The van der Waals surface area contributed by atoms with Crippen molar-refractivity contribution in [3.63, 3.8) is 0 Å². The molecule has 0 heterocycles. The number of carbonyl (C=O) groups excluding carboxylic acids is 2. The normalized spacial score (nSPS) is 10.9. The van der Waals surface area contributed by atoms with Gasteiger partial charge in [0.25, 0.3) is 0 Å². The first kappa shape index (κ1) is 18.9. The first-order valence-corrected chi connectivity index (χ1v) is 7.97. The summed E-state index contributed by atoms with van der Waals surface area (Å²) in [4.78, 5) is 21.8. The monoisotopic (exact) mass is 282 g/mol. The zero-order valence-electron chi connectivity index (χ0n) is 13.2. The van der Waals surface area contributed by atoms with E-state index in [2.05, 4.69) is 23.8 Å². The van der Waals surface area contributed by atoms with E-state index in [0.717, 1.165) is 19.3 Å². The van der Waals surface area contributed by atoms with Gasteiger partial charge in [0.1, 0.15) is 6.61 Å². The lowest BCUT2D eigenvalue weighted by Crippen LogP contribution is -2.11. The minimum atomic E-state index is -0.391. The number of hydrogen-bond donors (Lipinski definition) is 0. The summed E-state index contributed by atoms with van der Waals surface area (Å²) in [6, 6.07) is 0. The second-order valence-electron chi connectivity index (χ2n) is 5.24. The van der Waals surface area contributed by atoms with Crippen LogP contribution in [0.15, 0.2) is 12.2 Å². The fourth-order valence-electron chi connectivity index (χ4n) is 1.95. The molecule has 0 aromatic carbocycles. The Morgan fingerprint density at radius 2 is 1.50 bits per heavy atom. The van der Waals surface area contributed by atoms with Gasteiger partial charge in [0.05, 0.1) is 0 Å². The molecule has 0 radical (unpaired) electrons. The molecule has 0 aromatic heterocycles. The molecule has 0 atom stereocenters. The van der Waals surface area contributed by atoms with Crippen molar-refractivity contribution in [2.45, 2.75) is 78.1 Å². The number of rotatable bonds is 13. The molecule has 3 nitrogen and oxygen atoms in total. The Hall–Kier alpha value is -1.12. The molecule has 0 aliphatic carbocycles. The summed E-state index contributed by atoms with van der Waals surface area (Å²) >= 11 is 0. The summed E-state index contributed by atoms with van der Waals surface area (Å²) in [5.41, 5.74) is 0. The second-order valence-corrected chi connectivity index (χ2v) is 5.24. The number of ether oxygens (including phenoxy) is 1. The van der Waals surface area contributed by atoms with Crippen LogP contribution in [0.5, 0.6) is 0 Å². The van der Waals surface area contributed by atoms with Crippen molar-refractivity contribution < 1.29 is 14.3 Å². The molecule has 0 N–H and O–H groups in total. The van der Waals surface area contributed by atoms with Crippen LogP contribution in [-0.4, -0.2) is 18.4 Å². The van der Waals surface area contributed by atoms with Gasteiger partial charge in [-0.05, 0) is 25.7 Å². The van der Waals surface area contributed by atoms with Crippen molar-refractivity contribution >= 4 is 11.8 Å². The van der Waals surface area contributed by atoms with E-state index in [1.165, 1.54) is 45.4 Å². The van der Waals surface area contributed by atoms with Crippen molar-refractivity contribution in [2.75, 3.05) is 6.61 Å². The third-order valence-electron chi connectivity index (χ3n) is 3.15. The molecule has 0 fully saturated rings. The molecule has 0 unspecified atom stereocenters. The molecular weight excluding hydrogens is 252 g/mol. The van der Waals surface area contributed by atoms with E-state index in [1.807, 2.05) is 0 Å². The Kier molecular flexibility index (Phi) is 13.5. The average Bonchev–Trinajstić information content (AvgIpc) is 2.42. The third kappa shape index (κ3) is 14.9. The van der Waals surface area contributed by atoms with Crippen molar-refractivity contribution in [1.82, 2.24) is 0 Å². The van der Waals surface area contributed by atoms with Crippen molar-refractivity contribution in [1.29, 1.82) is 0 Å². The predicted octanol–water partition coefficient (Wildman–Crippen LogP) is 4.60. The van der Waals surface area contributed by atoms with Gasteiger partial charge in [-0.3, -0.25) is 9.59 Å². The summed E-state index contributed by atoms with van der Waals surface area (Å²) in [5, 5.41) is 0. The maximum atomic E-state index is 11.3. The van der Waals surface area contributed by atoms with Crippen LogP contribution in [0.2, 0.25) is 0 Å². The van der Waals surface area contributed by atoms with Crippen molar-refractivity contribution in [2.24, 2.45) is 0 Å². The molecule has 0 aliphatic rings. The van der Waals surface area contributed by atoms with E-state index in [0.29, 0.717) is 6.42 Å². The standard InChI is InChI=1S/C17H30O3/c1-3-4-5-6-7-8-9-10-11-12-13-14-17(19)15-20-16(2)18/h10-11H,3-9,12-15H2,1-2H3/b11-10+. The Morgan fingerprint density at radius 3 is 2.15 bits per heavy atom. The van der Waals surface area contributed by atoms with E-state index in [4.69, 9.17) is 0 Å². The summed E-state index contributed by atoms with van der Waals surface area (Å²) in [7, 11) is 0. The minimum Gasteiger partial charge on any atom is -0.458 e. The zero-order valence-corrected chi connectivity index (χ0v) is 13.2. The number of hydrogen-bond acceptors (Lipinski definition) is 3. The molecule has 0 amide bonds. The van der Waals surface area contributed by atoms with Gasteiger partial charge in [-0.15, -0.1) is 0 Å². The largest absolute Gasteiger partial charge is 0.458 e. The lowest BCUT2D eigenvalue weighted by atomic mass is 10.1. The van der Waals surface area contributed by atoms with Crippen LogP contribution in [0.1, 0.15) is 78.1 Å². The highest BCUT2D eigenvalue weighted by Gasteiger charge is 2.02. The van der Waals surface area contributed by atoms with Gasteiger partial charge in [0.2, 0.25) is 0 Å². The Balaban J connectivity index is 3.27. The van der Waals surface area contributed by atoms with Gasteiger partial charge in [-0.1, -0.05) is 51.2 Å². The van der Waals surface area contributed by atoms with Gasteiger partial charge < -0.3 is 4.74 Å². The van der Waals surface area contributed by atoms with Crippen LogP contribution in [0, 0.1) is 0 Å². The van der Waals surface area contributed by atoms with Gasteiger partial charge in [0, 0.05) is 13.3 Å². The molecule has 3 heteroatoms. The molecule has 20 heavy (non-hydrogen) atoms. The van der Waals surface area contributed by atoms with E-state index in [-0.39, 0.29) is 12.4 Å². The van der Waals surface area contributed by atoms with Crippen molar-refractivity contribution in [3.05, 3.63) is 12.2 Å². The molecule has 116 valence electrons. The number of esters is 1. The zero-order chi connectivity index (χ0) is 15.1. The van der Waals surface area contributed by atoms with Crippen LogP contribution in [0.25, 0.3) is 0 Å². The lowest BCUT2D eigenvalue weighted by molar-refractivity contribution is -0.145. The summed E-state index contributed by atoms with van der Waals surface area (Å²) in [6.07, 6.45) is 15.8. The van der Waals surface area contributed by atoms with Crippen LogP contribution in [0.3, 0.4) is 0 Å². The average molecular weight is 282 g/mol. The smallest absolute Gasteiger partial charge is 0.303 e. The van der Waals surface area contributed by atoms with Crippen LogP contribution < -0.4 is 0 Å². The number of ketones is 1. The Morgan fingerprint density at radius 1 is 0.900 bits per heavy atom.